The first-order chi connectivity index (χ1) is 10.7. The minimum absolute atomic E-state index is 0.0754. The molecule has 23 heavy (non-hydrogen) atoms. The van der Waals surface area contributed by atoms with Crippen LogP contribution in [0, 0.1) is 6.92 Å². The molecule has 0 bridgehead atoms. The number of hydrogen-bond donors (Lipinski definition) is 3. The molecule has 2 amide bonds. The lowest BCUT2D eigenvalue weighted by Crippen LogP contribution is -2.37. The number of anilines is 1. The van der Waals surface area contributed by atoms with Gasteiger partial charge in [-0.1, -0.05) is 13.0 Å². The van der Waals surface area contributed by atoms with Crippen LogP contribution in [0.15, 0.2) is 18.2 Å². The monoisotopic (exact) mass is 332 g/mol. The van der Waals surface area contributed by atoms with Crippen LogP contribution in [0.4, 0.5) is 18.9 Å². The van der Waals surface area contributed by atoms with E-state index in [1.165, 1.54) is 13.0 Å². The molecule has 1 unspecified atom stereocenters. The number of carbonyl (C=O) groups is 2. The van der Waals surface area contributed by atoms with Gasteiger partial charge >= 0.3 is 18.0 Å². The van der Waals surface area contributed by atoms with Gasteiger partial charge in [-0.05, 0) is 37.5 Å². The van der Waals surface area contributed by atoms with Gasteiger partial charge in [0.2, 0.25) is 0 Å². The Morgan fingerprint density at radius 1 is 1.26 bits per heavy atom. The third-order valence-electron chi connectivity index (χ3n) is 3.33. The second-order valence-electron chi connectivity index (χ2n) is 5.04. The molecule has 128 valence electrons. The van der Waals surface area contributed by atoms with E-state index in [9.17, 15) is 27.9 Å². The molecule has 0 aliphatic rings. The number of nitrogens with one attached hydrogen (secondary N) is 2. The van der Waals surface area contributed by atoms with Crippen LogP contribution >= 0.6 is 0 Å². The van der Waals surface area contributed by atoms with Crippen molar-refractivity contribution in [2.24, 2.45) is 0 Å². The summed E-state index contributed by atoms with van der Waals surface area (Å²) in [6, 6.07) is 3.34. The Hall–Kier alpha value is -2.09. The molecule has 0 heterocycles. The van der Waals surface area contributed by atoms with E-state index in [-0.39, 0.29) is 24.2 Å². The maximum absolute atomic E-state index is 12.8. The maximum Gasteiger partial charge on any atom is 0.416 e. The molecular formula is C15H19F3N2O3. The van der Waals surface area contributed by atoms with Crippen LogP contribution in [-0.4, -0.2) is 29.6 Å². The summed E-state index contributed by atoms with van der Waals surface area (Å²) in [6.45, 7) is 3.09. The predicted molar refractivity (Wildman–Crippen MR) is 78.7 cm³/mol. The maximum atomic E-state index is 12.8. The van der Waals surface area contributed by atoms with Gasteiger partial charge in [0.25, 0.3) is 0 Å². The molecule has 0 saturated heterocycles. The van der Waals surface area contributed by atoms with Crippen LogP contribution in [0.25, 0.3) is 0 Å². The summed E-state index contributed by atoms with van der Waals surface area (Å²) in [7, 11) is 0. The number of rotatable bonds is 5. The Balaban J connectivity index is 2.69. The molecule has 0 saturated carbocycles. The smallest absolute Gasteiger partial charge is 0.393 e. The zero-order valence-electron chi connectivity index (χ0n) is 12.8. The Bertz CT molecular complexity index is 574. The van der Waals surface area contributed by atoms with E-state index in [1.807, 2.05) is 0 Å². The highest BCUT2D eigenvalue weighted by Crippen LogP contribution is 2.34. The molecular weight excluding hydrogens is 313 g/mol. The predicted octanol–water partition coefficient (Wildman–Crippen LogP) is 2.23. The summed E-state index contributed by atoms with van der Waals surface area (Å²) in [5, 5.41) is 13.8. The summed E-state index contributed by atoms with van der Waals surface area (Å²) in [6.07, 6.45) is -4.31. The Kier molecular flexibility index (Phi) is 6.56. The molecule has 0 aliphatic heterocycles. The second kappa shape index (κ2) is 7.96. The van der Waals surface area contributed by atoms with Crippen LogP contribution in [0.1, 0.15) is 30.9 Å². The minimum Gasteiger partial charge on any atom is -0.393 e. The van der Waals surface area contributed by atoms with Gasteiger partial charge in [-0.25, -0.2) is 0 Å². The second-order valence-corrected chi connectivity index (χ2v) is 5.04. The van der Waals surface area contributed by atoms with E-state index < -0.39 is 29.7 Å². The largest absolute Gasteiger partial charge is 0.416 e. The summed E-state index contributed by atoms with van der Waals surface area (Å²) in [4.78, 5) is 23.3. The van der Waals surface area contributed by atoms with Crippen LogP contribution in [0.3, 0.4) is 0 Å². The number of hydrogen-bond acceptors (Lipinski definition) is 3. The fraction of sp³-hybridized carbons (Fsp3) is 0.467. The first kappa shape index (κ1) is 19.0. The lowest BCUT2D eigenvalue weighted by atomic mass is 10.1. The van der Waals surface area contributed by atoms with Gasteiger partial charge in [-0.2, -0.15) is 13.2 Å². The van der Waals surface area contributed by atoms with E-state index in [0.29, 0.717) is 6.42 Å². The van der Waals surface area contributed by atoms with Gasteiger partial charge in [0.1, 0.15) is 0 Å². The van der Waals surface area contributed by atoms with Gasteiger partial charge in [-0.15, -0.1) is 0 Å². The third-order valence-corrected chi connectivity index (χ3v) is 3.33. The molecule has 1 rings (SSSR count). The Labute approximate surface area is 131 Å². The molecule has 0 spiro atoms. The number of alkyl halides is 3. The summed E-state index contributed by atoms with van der Waals surface area (Å²) in [5.74, 6) is -2.02. The highest BCUT2D eigenvalue weighted by Gasteiger charge is 2.33. The van der Waals surface area contributed by atoms with Crippen molar-refractivity contribution in [1.29, 1.82) is 0 Å². The minimum atomic E-state index is -4.54. The molecule has 1 atom stereocenters. The number of amides is 2. The van der Waals surface area contributed by atoms with E-state index in [0.717, 1.165) is 12.1 Å². The number of aliphatic hydroxyl groups is 1. The van der Waals surface area contributed by atoms with E-state index in [4.69, 9.17) is 0 Å². The van der Waals surface area contributed by atoms with Crippen molar-refractivity contribution in [3.63, 3.8) is 0 Å². The summed E-state index contributed by atoms with van der Waals surface area (Å²) >= 11 is 0. The normalized spacial score (nSPS) is 12.6. The molecule has 0 aliphatic carbocycles. The lowest BCUT2D eigenvalue weighted by molar-refractivity contribution is -0.138. The summed E-state index contributed by atoms with van der Waals surface area (Å²) < 4.78 is 38.4. The molecule has 0 radical (unpaired) electrons. The molecule has 0 fully saturated rings. The molecule has 3 N–H and O–H groups in total. The van der Waals surface area contributed by atoms with Gasteiger partial charge in [0.05, 0.1) is 11.7 Å². The van der Waals surface area contributed by atoms with Crippen LogP contribution in [-0.2, 0) is 15.8 Å². The fourth-order valence-electron chi connectivity index (χ4n) is 1.89. The average Bonchev–Trinajstić information content (AvgIpc) is 2.47. The first-order valence-electron chi connectivity index (χ1n) is 7.10. The van der Waals surface area contributed by atoms with Gasteiger partial charge in [-0.3, -0.25) is 9.59 Å². The SMILES string of the molecule is CCC(O)CCNC(=O)C(=O)Nc1cccc(C(F)(F)F)c1C. The molecule has 0 aromatic heterocycles. The van der Waals surface area contributed by atoms with Gasteiger partial charge in [0, 0.05) is 12.2 Å². The van der Waals surface area contributed by atoms with Crippen molar-refractivity contribution < 1.29 is 27.9 Å². The molecule has 8 heteroatoms. The zero-order chi connectivity index (χ0) is 17.6. The number of benzene rings is 1. The zero-order valence-corrected chi connectivity index (χ0v) is 12.8. The van der Waals surface area contributed by atoms with Crippen LogP contribution in [0.5, 0.6) is 0 Å². The number of aliphatic hydroxyl groups excluding tert-OH is 1. The fourth-order valence-corrected chi connectivity index (χ4v) is 1.89. The van der Waals surface area contributed by atoms with Crippen LogP contribution < -0.4 is 10.6 Å². The van der Waals surface area contributed by atoms with E-state index >= 15 is 0 Å². The van der Waals surface area contributed by atoms with E-state index in [1.54, 1.807) is 6.92 Å². The summed E-state index contributed by atoms with van der Waals surface area (Å²) in [5.41, 5.74) is -1.11. The van der Waals surface area contributed by atoms with Crippen molar-refractivity contribution in [2.45, 2.75) is 39.0 Å². The average molecular weight is 332 g/mol. The van der Waals surface area contributed by atoms with Crippen molar-refractivity contribution >= 4 is 17.5 Å². The number of halogens is 3. The highest BCUT2D eigenvalue weighted by atomic mass is 19.4. The Morgan fingerprint density at radius 3 is 2.48 bits per heavy atom. The third kappa shape index (κ3) is 5.55. The molecule has 5 nitrogen and oxygen atoms in total. The van der Waals surface area contributed by atoms with Crippen molar-refractivity contribution in [3.8, 4) is 0 Å². The van der Waals surface area contributed by atoms with Gasteiger partial charge < -0.3 is 15.7 Å². The van der Waals surface area contributed by atoms with Crippen LogP contribution in [0.2, 0.25) is 0 Å². The standard InChI is InChI=1S/C15H19F3N2O3/c1-3-10(21)7-8-19-13(22)14(23)20-12-6-4-5-11(9(12)2)15(16,17)18/h4-6,10,21H,3,7-8H2,1-2H3,(H,19,22)(H,20,23). The number of carbonyl (C=O) groups excluding carboxylic acids is 2. The topological polar surface area (TPSA) is 78.4 Å². The lowest BCUT2D eigenvalue weighted by Gasteiger charge is -2.14. The highest BCUT2D eigenvalue weighted by molar-refractivity contribution is 6.39. The van der Waals surface area contributed by atoms with Gasteiger partial charge in [0.15, 0.2) is 0 Å². The molecule has 1 aromatic rings. The van der Waals surface area contributed by atoms with Crippen molar-refractivity contribution in [3.05, 3.63) is 29.3 Å². The molecule has 1 aromatic carbocycles. The quantitative estimate of drug-likeness (QED) is 0.724. The Morgan fingerprint density at radius 2 is 1.91 bits per heavy atom. The first-order valence-corrected chi connectivity index (χ1v) is 7.10. The van der Waals surface area contributed by atoms with Crippen molar-refractivity contribution in [1.82, 2.24) is 5.32 Å². The van der Waals surface area contributed by atoms with E-state index in [2.05, 4.69) is 10.6 Å². The van der Waals surface area contributed by atoms with Crippen molar-refractivity contribution in [2.75, 3.05) is 11.9 Å².